The number of fused-ring (bicyclic) bond motifs is 1. The first-order valence-corrected chi connectivity index (χ1v) is 6.93. The van der Waals surface area contributed by atoms with Crippen molar-refractivity contribution in [1.82, 2.24) is 19.6 Å². The number of nitrogens with zero attached hydrogens (tertiary/aromatic N) is 4. The number of benzene rings is 1. The Bertz CT molecular complexity index is 932. The lowest BCUT2D eigenvalue weighted by atomic mass is 10.1. The number of aryl methyl sites for hydroxylation is 2. The number of anilines is 1. The predicted octanol–water partition coefficient (Wildman–Crippen LogP) is 3.01. The number of halogens is 3. The second-order valence-corrected chi connectivity index (χ2v) is 5.16. The molecule has 0 saturated carbocycles. The maximum absolute atomic E-state index is 12.7. The van der Waals surface area contributed by atoms with Crippen molar-refractivity contribution in [1.29, 1.82) is 0 Å². The number of amides is 1. The molecule has 2 aromatic heterocycles. The molecule has 24 heavy (non-hydrogen) atoms. The van der Waals surface area contributed by atoms with Crippen molar-refractivity contribution >= 4 is 17.4 Å². The molecule has 124 valence electrons. The Morgan fingerprint density at radius 3 is 2.71 bits per heavy atom. The number of hydrogen-bond donors (Lipinski definition) is 1. The SMILES string of the molecule is Cc1nc2ncc(C(=O)Nc3cccc(C(F)(F)F)c3)c(C)n2n1. The molecular weight excluding hydrogens is 323 g/mol. The highest BCUT2D eigenvalue weighted by atomic mass is 19.4. The average molecular weight is 335 g/mol. The van der Waals surface area contributed by atoms with Crippen LogP contribution in [0.3, 0.4) is 0 Å². The number of aromatic nitrogens is 4. The van der Waals surface area contributed by atoms with Crippen LogP contribution in [-0.2, 0) is 6.18 Å². The molecule has 6 nitrogen and oxygen atoms in total. The van der Waals surface area contributed by atoms with E-state index in [0.717, 1.165) is 12.1 Å². The summed E-state index contributed by atoms with van der Waals surface area (Å²) in [6, 6.07) is 4.42. The van der Waals surface area contributed by atoms with Gasteiger partial charge in [-0.05, 0) is 32.0 Å². The minimum absolute atomic E-state index is 0.0455. The Balaban J connectivity index is 1.92. The third kappa shape index (κ3) is 2.92. The molecule has 0 aliphatic carbocycles. The molecule has 3 aromatic rings. The Labute approximate surface area is 134 Å². The van der Waals surface area contributed by atoms with Gasteiger partial charge in [0.2, 0.25) is 0 Å². The van der Waals surface area contributed by atoms with Crippen LogP contribution in [0.15, 0.2) is 30.5 Å². The van der Waals surface area contributed by atoms with Crippen LogP contribution < -0.4 is 5.32 Å². The summed E-state index contributed by atoms with van der Waals surface area (Å²) in [6.45, 7) is 3.35. The van der Waals surface area contributed by atoms with Crippen molar-refractivity contribution in [3.63, 3.8) is 0 Å². The van der Waals surface area contributed by atoms with Gasteiger partial charge < -0.3 is 5.32 Å². The largest absolute Gasteiger partial charge is 0.416 e. The third-order valence-corrected chi connectivity index (χ3v) is 3.40. The molecule has 0 bridgehead atoms. The van der Waals surface area contributed by atoms with Crippen molar-refractivity contribution in [2.75, 3.05) is 5.32 Å². The van der Waals surface area contributed by atoms with Gasteiger partial charge in [0.15, 0.2) is 0 Å². The molecule has 0 aliphatic heterocycles. The topological polar surface area (TPSA) is 72.2 Å². The number of nitrogens with one attached hydrogen (secondary N) is 1. The van der Waals surface area contributed by atoms with Gasteiger partial charge in [-0.1, -0.05) is 6.07 Å². The van der Waals surface area contributed by atoms with Gasteiger partial charge in [-0.25, -0.2) is 9.50 Å². The predicted molar refractivity (Wildman–Crippen MR) is 79.7 cm³/mol. The highest BCUT2D eigenvalue weighted by Crippen LogP contribution is 2.30. The molecule has 1 aromatic carbocycles. The van der Waals surface area contributed by atoms with Crippen molar-refractivity contribution < 1.29 is 18.0 Å². The number of carbonyl (C=O) groups is 1. The number of rotatable bonds is 2. The molecule has 0 radical (unpaired) electrons. The number of hydrogen-bond acceptors (Lipinski definition) is 4. The van der Waals surface area contributed by atoms with Crippen LogP contribution in [0.1, 0.15) is 27.4 Å². The lowest BCUT2D eigenvalue weighted by Gasteiger charge is -2.11. The first-order chi connectivity index (χ1) is 11.3. The van der Waals surface area contributed by atoms with Crippen molar-refractivity contribution in [2.24, 2.45) is 0 Å². The zero-order valence-electron chi connectivity index (χ0n) is 12.7. The highest BCUT2D eigenvalue weighted by molar-refractivity contribution is 6.04. The van der Waals surface area contributed by atoms with E-state index in [1.807, 2.05) is 0 Å². The Hall–Kier alpha value is -2.97. The molecule has 0 fully saturated rings. The minimum atomic E-state index is -4.48. The van der Waals surface area contributed by atoms with Crippen molar-refractivity contribution in [3.8, 4) is 0 Å². The van der Waals surface area contributed by atoms with Gasteiger partial charge in [0.1, 0.15) is 5.82 Å². The first kappa shape index (κ1) is 15.9. The van der Waals surface area contributed by atoms with E-state index in [1.165, 1.54) is 22.8 Å². The molecule has 0 atom stereocenters. The standard InChI is InChI=1S/C15H12F3N5O/c1-8-12(7-19-14-20-9(2)22-23(8)14)13(24)21-11-5-3-4-10(6-11)15(16,17)18/h3-7H,1-2H3,(H,21,24). The smallest absolute Gasteiger partial charge is 0.322 e. The molecule has 2 heterocycles. The van der Waals surface area contributed by atoms with Gasteiger partial charge in [-0.15, -0.1) is 0 Å². The summed E-state index contributed by atoms with van der Waals surface area (Å²) in [5.41, 5.74) is -0.100. The third-order valence-electron chi connectivity index (χ3n) is 3.40. The van der Waals surface area contributed by atoms with E-state index in [9.17, 15) is 18.0 Å². The Morgan fingerprint density at radius 2 is 2.00 bits per heavy atom. The van der Waals surface area contributed by atoms with Crippen LogP contribution in [0, 0.1) is 13.8 Å². The van der Waals surface area contributed by atoms with Crippen LogP contribution >= 0.6 is 0 Å². The quantitative estimate of drug-likeness (QED) is 0.781. The second-order valence-electron chi connectivity index (χ2n) is 5.16. The molecular formula is C15H12F3N5O. The fourth-order valence-corrected chi connectivity index (χ4v) is 2.24. The summed E-state index contributed by atoms with van der Waals surface area (Å²) in [5, 5.41) is 6.57. The zero-order chi connectivity index (χ0) is 17.5. The normalized spacial score (nSPS) is 11.7. The summed E-state index contributed by atoms with van der Waals surface area (Å²) >= 11 is 0. The van der Waals surface area contributed by atoms with E-state index in [0.29, 0.717) is 17.3 Å². The van der Waals surface area contributed by atoms with Crippen molar-refractivity contribution in [2.45, 2.75) is 20.0 Å². The van der Waals surface area contributed by atoms with Gasteiger partial charge >= 0.3 is 6.18 Å². The van der Waals surface area contributed by atoms with Crippen molar-refractivity contribution in [3.05, 3.63) is 53.1 Å². The maximum Gasteiger partial charge on any atom is 0.416 e. The highest BCUT2D eigenvalue weighted by Gasteiger charge is 2.30. The summed E-state index contributed by atoms with van der Waals surface area (Å²) in [7, 11) is 0. The molecule has 0 spiro atoms. The molecule has 0 aliphatic rings. The minimum Gasteiger partial charge on any atom is -0.322 e. The fraction of sp³-hybridized carbons (Fsp3) is 0.200. The van der Waals surface area contributed by atoms with Gasteiger partial charge in [-0.2, -0.15) is 23.3 Å². The van der Waals surface area contributed by atoms with Gasteiger partial charge in [-0.3, -0.25) is 4.79 Å². The molecule has 1 amide bonds. The van der Waals surface area contributed by atoms with Crippen LogP contribution in [0.5, 0.6) is 0 Å². The Morgan fingerprint density at radius 1 is 1.25 bits per heavy atom. The van der Waals surface area contributed by atoms with Crippen LogP contribution in [-0.4, -0.2) is 25.5 Å². The number of carbonyl (C=O) groups excluding carboxylic acids is 1. The summed E-state index contributed by atoms with van der Waals surface area (Å²) in [6.07, 6.45) is -3.16. The second kappa shape index (κ2) is 5.59. The summed E-state index contributed by atoms with van der Waals surface area (Å²) in [4.78, 5) is 20.5. The summed E-state index contributed by atoms with van der Waals surface area (Å²) in [5.74, 6) is 0.274. The van der Waals surface area contributed by atoms with Gasteiger partial charge in [0.05, 0.1) is 16.8 Å². The van der Waals surface area contributed by atoms with Crippen LogP contribution in [0.2, 0.25) is 0 Å². The van der Waals surface area contributed by atoms with Crippen LogP contribution in [0.4, 0.5) is 18.9 Å². The fourth-order valence-electron chi connectivity index (χ4n) is 2.24. The number of alkyl halides is 3. The monoisotopic (exact) mass is 335 g/mol. The maximum atomic E-state index is 12.7. The van der Waals surface area contributed by atoms with Crippen LogP contribution in [0.25, 0.3) is 5.78 Å². The lowest BCUT2D eigenvalue weighted by Crippen LogP contribution is -2.16. The van der Waals surface area contributed by atoms with E-state index < -0.39 is 17.6 Å². The van der Waals surface area contributed by atoms with E-state index in [-0.39, 0.29) is 11.3 Å². The summed E-state index contributed by atoms with van der Waals surface area (Å²) < 4.78 is 39.6. The Kier molecular flexibility index (Phi) is 3.70. The molecule has 1 N–H and O–H groups in total. The molecule has 0 saturated heterocycles. The molecule has 0 unspecified atom stereocenters. The van der Waals surface area contributed by atoms with Gasteiger partial charge in [0, 0.05) is 11.9 Å². The van der Waals surface area contributed by atoms with E-state index in [4.69, 9.17) is 0 Å². The first-order valence-electron chi connectivity index (χ1n) is 6.93. The lowest BCUT2D eigenvalue weighted by molar-refractivity contribution is -0.137. The zero-order valence-corrected chi connectivity index (χ0v) is 12.7. The van der Waals surface area contributed by atoms with E-state index in [2.05, 4.69) is 20.4 Å². The average Bonchev–Trinajstić information content (AvgIpc) is 2.88. The van der Waals surface area contributed by atoms with Gasteiger partial charge in [0.25, 0.3) is 11.7 Å². The molecule has 3 rings (SSSR count). The van der Waals surface area contributed by atoms with E-state index >= 15 is 0 Å². The van der Waals surface area contributed by atoms with E-state index in [1.54, 1.807) is 13.8 Å². The molecule has 9 heteroatoms.